The van der Waals surface area contributed by atoms with Crippen LogP contribution in [0.15, 0.2) is 18.2 Å². The van der Waals surface area contributed by atoms with Crippen LogP contribution in [-0.4, -0.2) is 22.2 Å². The summed E-state index contributed by atoms with van der Waals surface area (Å²) in [6.07, 6.45) is 0. The highest BCUT2D eigenvalue weighted by molar-refractivity contribution is 6.32. The number of rotatable bonds is 3. The molecule has 0 aromatic heterocycles. The lowest BCUT2D eigenvalue weighted by molar-refractivity contribution is -0.138. The molecule has 1 aromatic carbocycles. The van der Waals surface area contributed by atoms with Gasteiger partial charge in [-0.1, -0.05) is 17.7 Å². The molecular formula is C9H8ClNO4. The second-order valence-electron chi connectivity index (χ2n) is 2.86. The molecule has 0 amide bonds. The van der Waals surface area contributed by atoms with Crippen molar-refractivity contribution in [3.8, 4) is 0 Å². The number of aromatic carboxylic acids is 1. The maximum absolute atomic E-state index is 10.6. The zero-order valence-corrected chi connectivity index (χ0v) is 8.23. The van der Waals surface area contributed by atoms with Crippen LogP contribution in [0.2, 0.25) is 5.02 Å². The van der Waals surface area contributed by atoms with Crippen molar-refractivity contribution < 1.29 is 19.8 Å². The van der Waals surface area contributed by atoms with Crippen molar-refractivity contribution in [1.82, 2.24) is 0 Å². The summed E-state index contributed by atoms with van der Waals surface area (Å²) in [5.41, 5.74) is 5.51. The molecule has 0 bridgehead atoms. The van der Waals surface area contributed by atoms with E-state index in [4.69, 9.17) is 27.5 Å². The molecule has 0 heterocycles. The van der Waals surface area contributed by atoms with Crippen LogP contribution >= 0.6 is 11.6 Å². The van der Waals surface area contributed by atoms with E-state index in [0.29, 0.717) is 0 Å². The first-order chi connectivity index (χ1) is 6.93. The second kappa shape index (κ2) is 4.29. The van der Waals surface area contributed by atoms with Gasteiger partial charge in [-0.2, -0.15) is 0 Å². The maximum Gasteiger partial charge on any atom is 0.335 e. The Morgan fingerprint density at radius 3 is 2.33 bits per heavy atom. The summed E-state index contributed by atoms with van der Waals surface area (Å²) >= 11 is 5.71. The molecule has 1 aromatic rings. The summed E-state index contributed by atoms with van der Waals surface area (Å²) in [6.45, 7) is 0. The molecule has 5 nitrogen and oxygen atoms in total. The molecule has 0 aliphatic rings. The van der Waals surface area contributed by atoms with Crippen molar-refractivity contribution >= 4 is 23.5 Å². The van der Waals surface area contributed by atoms with Crippen LogP contribution in [0.3, 0.4) is 0 Å². The molecule has 0 radical (unpaired) electrons. The number of carboxylic acid groups (broad SMARTS) is 2. The zero-order chi connectivity index (χ0) is 11.6. The van der Waals surface area contributed by atoms with Crippen LogP contribution in [0.25, 0.3) is 0 Å². The van der Waals surface area contributed by atoms with E-state index in [2.05, 4.69) is 0 Å². The molecular weight excluding hydrogens is 222 g/mol. The number of hydrogen-bond acceptors (Lipinski definition) is 3. The fourth-order valence-electron chi connectivity index (χ4n) is 1.05. The van der Waals surface area contributed by atoms with Gasteiger partial charge in [-0.05, 0) is 17.7 Å². The van der Waals surface area contributed by atoms with Crippen LogP contribution in [0.1, 0.15) is 22.0 Å². The summed E-state index contributed by atoms with van der Waals surface area (Å²) in [5, 5.41) is 17.3. The van der Waals surface area contributed by atoms with E-state index in [1.807, 2.05) is 0 Å². The Kier molecular flexibility index (Phi) is 3.28. The van der Waals surface area contributed by atoms with Crippen molar-refractivity contribution in [2.24, 2.45) is 5.73 Å². The molecule has 0 saturated heterocycles. The smallest absolute Gasteiger partial charge is 0.335 e. The van der Waals surface area contributed by atoms with E-state index in [-0.39, 0.29) is 16.1 Å². The van der Waals surface area contributed by atoms with Gasteiger partial charge < -0.3 is 15.9 Å². The lowest BCUT2D eigenvalue weighted by atomic mass is 10.1. The molecule has 1 unspecified atom stereocenters. The molecule has 1 atom stereocenters. The Hall–Kier alpha value is -1.59. The minimum absolute atomic E-state index is 0.0126. The highest BCUT2D eigenvalue weighted by atomic mass is 35.5. The van der Waals surface area contributed by atoms with Gasteiger partial charge >= 0.3 is 11.9 Å². The molecule has 0 aliphatic heterocycles. The lowest BCUT2D eigenvalue weighted by Gasteiger charge is -2.09. The quantitative estimate of drug-likeness (QED) is 0.721. The van der Waals surface area contributed by atoms with Gasteiger partial charge in [-0.3, -0.25) is 4.79 Å². The summed E-state index contributed by atoms with van der Waals surface area (Å²) in [5.74, 6) is -2.35. The topological polar surface area (TPSA) is 101 Å². The monoisotopic (exact) mass is 229 g/mol. The molecule has 0 saturated carbocycles. The third kappa shape index (κ3) is 2.45. The Morgan fingerprint density at radius 2 is 1.93 bits per heavy atom. The number of carboxylic acids is 2. The first-order valence-corrected chi connectivity index (χ1v) is 4.32. The largest absolute Gasteiger partial charge is 0.480 e. The van der Waals surface area contributed by atoms with Crippen molar-refractivity contribution in [3.63, 3.8) is 0 Å². The number of carbonyl (C=O) groups is 2. The number of nitrogens with two attached hydrogens (primary N) is 1. The standard InChI is InChI=1S/C9H8ClNO4/c10-6-3-4(8(12)13)1-2-5(6)7(11)9(14)15/h1-3,7H,11H2,(H,12,13)(H,14,15). The number of benzene rings is 1. The normalized spacial score (nSPS) is 12.1. The van der Waals surface area contributed by atoms with Crippen LogP contribution in [-0.2, 0) is 4.79 Å². The average molecular weight is 230 g/mol. The van der Waals surface area contributed by atoms with Crippen LogP contribution in [0.5, 0.6) is 0 Å². The first kappa shape index (κ1) is 11.5. The van der Waals surface area contributed by atoms with Crippen molar-refractivity contribution in [2.45, 2.75) is 6.04 Å². The number of halogens is 1. The van der Waals surface area contributed by atoms with Gasteiger partial charge in [0.2, 0.25) is 0 Å². The van der Waals surface area contributed by atoms with Gasteiger partial charge in [0.15, 0.2) is 0 Å². The predicted molar refractivity (Wildman–Crippen MR) is 53.0 cm³/mol. The van der Waals surface area contributed by atoms with Crippen LogP contribution in [0, 0.1) is 0 Å². The third-order valence-corrected chi connectivity index (χ3v) is 2.18. The highest BCUT2D eigenvalue weighted by Gasteiger charge is 2.18. The van der Waals surface area contributed by atoms with Gasteiger partial charge in [0.1, 0.15) is 6.04 Å². The number of hydrogen-bond donors (Lipinski definition) is 3. The molecule has 4 N–H and O–H groups in total. The summed E-state index contributed by atoms with van der Waals surface area (Å²) in [7, 11) is 0. The van der Waals surface area contributed by atoms with E-state index < -0.39 is 18.0 Å². The molecule has 80 valence electrons. The molecule has 0 fully saturated rings. The fraction of sp³-hybridized carbons (Fsp3) is 0.111. The van der Waals surface area contributed by atoms with Crippen LogP contribution in [0.4, 0.5) is 0 Å². The molecule has 6 heteroatoms. The van der Waals surface area contributed by atoms with Gasteiger partial charge in [0.25, 0.3) is 0 Å². The fourth-order valence-corrected chi connectivity index (χ4v) is 1.34. The minimum Gasteiger partial charge on any atom is -0.480 e. The van der Waals surface area contributed by atoms with Crippen molar-refractivity contribution in [3.05, 3.63) is 34.3 Å². The summed E-state index contributed by atoms with van der Waals surface area (Å²) in [4.78, 5) is 21.1. The van der Waals surface area contributed by atoms with Crippen molar-refractivity contribution in [1.29, 1.82) is 0 Å². The van der Waals surface area contributed by atoms with Gasteiger partial charge in [-0.25, -0.2) is 4.79 Å². The summed E-state index contributed by atoms with van der Waals surface area (Å²) in [6, 6.07) is 2.47. The highest BCUT2D eigenvalue weighted by Crippen LogP contribution is 2.23. The van der Waals surface area contributed by atoms with Gasteiger partial charge in [0, 0.05) is 5.02 Å². The Labute approximate surface area is 90.1 Å². The van der Waals surface area contributed by atoms with E-state index in [0.717, 1.165) is 0 Å². The molecule has 15 heavy (non-hydrogen) atoms. The Morgan fingerprint density at radius 1 is 1.33 bits per heavy atom. The van der Waals surface area contributed by atoms with Gasteiger partial charge in [0.05, 0.1) is 5.56 Å². The summed E-state index contributed by atoms with van der Waals surface area (Å²) < 4.78 is 0. The minimum atomic E-state index is -1.25. The average Bonchev–Trinajstić information content (AvgIpc) is 2.16. The molecule has 0 aliphatic carbocycles. The third-order valence-electron chi connectivity index (χ3n) is 1.85. The second-order valence-corrected chi connectivity index (χ2v) is 3.26. The van der Waals surface area contributed by atoms with E-state index >= 15 is 0 Å². The maximum atomic E-state index is 10.6. The van der Waals surface area contributed by atoms with E-state index in [1.165, 1.54) is 18.2 Å². The number of aliphatic carboxylic acids is 1. The molecule has 1 rings (SSSR count). The predicted octanol–water partition coefficient (Wildman–Crippen LogP) is 1.12. The van der Waals surface area contributed by atoms with Crippen LogP contribution < -0.4 is 5.73 Å². The Balaban J connectivity index is 3.13. The van der Waals surface area contributed by atoms with E-state index in [9.17, 15) is 9.59 Å². The lowest BCUT2D eigenvalue weighted by Crippen LogP contribution is -2.21. The first-order valence-electron chi connectivity index (χ1n) is 3.94. The molecule has 0 spiro atoms. The van der Waals surface area contributed by atoms with E-state index in [1.54, 1.807) is 0 Å². The zero-order valence-electron chi connectivity index (χ0n) is 7.48. The Bertz CT molecular complexity index is 419. The van der Waals surface area contributed by atoms with Gasteiger partial charge in [-0.15, -0.1) is 0 Å². The van der Waals surface area contributed by atoms with Crippen molar-refractivity contribution in [2.75, 3.05) is 0 Å². The SMILES string of the molecule is NC(C(=O)O)c1ccc(C(=O)O)cc1Cl.